The van der Waals surface area contributed by atoms with Gasteiger partial charge in [-0.2, -0.15) is 0 Å². The van der Waals surface area contributed by atoms with Crippen LogP contribution in [0.4, 0.5) is 0 Å². The van der Waals surface area contributed by atoms with Gasteiger partial charge in [0, 0.05) is 19.3 Å². The molecule has 0 aromatic carbocycles. The van der Waals surface area contributed by atoms with Gasteiger partial charge in [0.15, 0.2) is 0 Å². The molecule has 2 heterocycles. The Kier molecular flexibility index (Phi) is 3.37. The molecule has 7 heteroatoms. The highest BCUT2D eigenvalue weighted by atomic mass is 16.5. The third-order valence-corrected chi connectivity index (χ3v) is 2.35. The number of carbonyl (C=O) groups excluding carboxylic acids is 1. The maximum absolute atomic E-state index is 11.4. The summed E-state index contributed by atoms with van der Waals surface area (Å²) in [6.07, 6.45) is 1.30. The Bertz CT molecular complexity index is 405. The van der Waals surface area contributed by atoms with Gasteiger partial charge in [-0.1, -0.05) is 0 Å². The van der Waals surface area contributed by atoms with Gasteiger partial charge in [0.2, 0.25) is 0 Å². The Morgan fingerprint density at radius 3 is 2.88 bits per heavy atom. The number of nitrogens with one attached hydrogen (secondary N) is 2. The zero-order valence-corrected chi connectivity index (χ0v) is 8.69. The minimum Gasteiger partial charge on any atom is -0.446 e. The summed E-state index contributed by atoms with van der Waals surface area (Å²) in [4.78, 5) is 24.5. The molecule has 0 atom stereocenters. The number of aromatic nitrogens is 2. The second kappa shape index (κ2) is 4.95. The molecule has 1 aromatic rings. The van der Waals surface area contributed by atoms with Gasteiger partial charge < -0.3 is 14.6 Å². The van der Waals surface area contributed by atoms with Gasteiger partial charge in [-0.05, 0) is 0 Å². The Morgan fingerprint density at radius 2 is 2.25 bits per heavy atom. The predicted molar refractivity (Wildman–Crippen MR) is 54.1 cm³/mol. The van der Waals surface area contributed by atoms with Crippen LogP contribution in [0.5, 0.6) is 0 Å². The Balaban J connectivity index is 1.84. The summed E-state index contributed by atoms with van der Waals surface area (Å²) >= 11 is 0. The molecule has 0 aliphatic carbocycles. The van der Waals surface area contributed by atoms with Crippen LogP contribution >= 0.6 is 0 Å². The number of aromatic amines is 2. The van der Waals surface area contributed by atoms with Gasteiger partial charge >= 0.3 is 5.97 Å². The lowest BCUT2D eigenvalue weighted by molar-refractivity contribution is -0.0210. The van der Waals surface area contributed by atoms with Crippen LogP contribution in [-0.2, 0) is 9.47 Å². The third kappa shape index (κ3) is 2.50. The van der Waals surface area contributed by atoms with Crippen molar-refractivity contribution in [2.45, 2.75) is 0 Å². The van der Waals surface area contributed by atoms with E-state index in [1.807, 2.05) is 4.90 Å². The minimum absolute atomic E-state index is 0.00624. The molecule has 1 fully saturated rings. The summed E-state index contributed by atoms with van der Waals surface area (Å²) in [6, 6.07) is 0. The monoisotopic (exact) mass is 227 g/mol. The van der Waals surface area contributed by atoms with E-state index in [0.29, 0.717) is 13.2 Å². The number of hydrogen-bond acceptors (Lipinski definition) is 5. The number of morpholine rings is 1. The predicted octanol–water partition coefficient (Wildman–Crippen LogP) is -0.850. The van der Waals surface area contributed by atoms with E-state index in [1.54, 1.807) is 0 Å². The van der Waals surface area contributed by atoms with Crippen LogP contribution in [0.3, 0.4) is 0 Å². The number of hydrogen-bond donors (Lipinski definition) is 2. The summed E-state index contributed by atoms with van der Waals surface area (Å²) in [7, 11) is 0. The second-order valence-electron chi connectivity index (χ2n) is 3.45. The van der Waals surface area contributed by atoms with Crippen molar-refractivity contribution in [1.29, 1.82) is 0 Å². The van der Waals surface area contributed by atoms with E-state index in [2.05, 4.69) is 10.2 Å². The number of H-pyrrole nitrogens is 2. The Morgan fingerprint density at radius 1 is 1.50 bits per heavy atom. The maximum atomic E-state index is 11.4. The van der Waals surface area contributed by atoms with Crippen LogP contribution in [0.2, 0.25) is 0 Å². The molecule has 0 amide bonds. The highest BCUT2D eigenvalue weighted by molar-refractivity contribution is 5.88. The highest BCUT2D eigenvalue weighted by Gasteiger charge is 2.16. The van der Waals surface area contributed by atoms with Crippen molar-refractivity contribution in [1.82, 2.24) is 15.1 Å². The molecule has 0 radical (unpaired) electrons. The van der Waals surface area contributed by atoms with E-state index in [9.17, 15) is 9.59 Å². The maximum Gasteiger partial charge on any atom is 0.346 e. The number of ether oxygens (including phenoxy) is 2. The van der Waals surface area contributed by atoms with Crippen molar-refractivity contribution in [3.8, 4) is 0 Å². The first-order valence-electron chi connectivity index (χ1n) is 5.00. The van der Waals surface area contributed by atoms with Crippen LogP contribution in [0.25, 0.3) is 0 Å². The lowest BCUT2D eigenvalue weighted by atomic mass is 10.4. The summed E-state index contributed by atoms with van der Waals surface area (Å²) < 4.78 is 10.2. The van der Waals surface area contributed by atoms with E-state index < -0.39 is 11.5 Å². The molecule has 2 N–H and O–H groups in total. The first-order chi connectivity index (χ1) is 7.77. The summed E-state index contributed by atoms with van der Waals surface area (Å²) in [6.45, 7) is 2.94. The van der Waals surface area contributed by atoms with E-state index in [0.717, 1.165) is 13.1 Å². The first-order valence-corrected chi connectivity index (χ1v) is 5.00. The first kappa shape index (κ1) is 10.9. The van der Waals surface area contributed by atoms with Crippen molar-refractivity contribution in [3.05, 3.63) is 22.1 Å². The van der Waals surface area contributed by atoms with Crippen molar-refractivity contribution in [2.75, 3.05) is 33.0 Å². The molecule has 0 bridgehead atoms. The molecule has 7 nitrogen and oxygen atoms in total. The highest BCUT2D eigenvalue weighted by Crippen LogP contribution is 1.99. The summed E-state index contributed by atoms with van der Waals surface area (Å²) in [5, 5.41) is 4.72. The topological polar surface area (TPSA) is 87.4 Å². The van der Waals surface area contributed by atoms with Crippen molar-refractivity contribution in [3.63, 3.8) is 0 Å². The van der Waals surface area contributed by atoms with Crippen LogP contribution in [0.15, 0.2) is 11.0 Å². The van der Waals surface area contributed by atoms with Crippen LogP contribution in [-0.4, -0.2) is 54.1 Å². The second-order valence-corrected chi connectivity index (χ2v) is 3.45. The number of esters is 1. The molecular formula is C9H13N3O4. The fourth-order valence-electron chi connectivity index (χ4n) is 1.42. The van der Waals surface area contributed by atoms with Crippen molar-refractivity contribution < 1.29 is 14.3 Å². The van der Waals surface area contributed by atoms with Crippen LogP contribution in [0.1, 0.15) is 10.4 Å². The lowest BCUT2D eigenvalue weighted by Gasteiger charge is -2.25. The van der Waals surface area contributed by atoms with Crippen molar-refractivity contribution in [2.24, 2.45) is 0 Å². The molecule has 1 saturated heterocycles. The van der Waals surface area contributed by atoms with Gasteiger partial charge in [-0.15, -0.1) is 0 Å². The molecule has 0 unspecified atom stereocenters. The van der Waals surface area contributed by atoms with E-state index in [1.165, 1.54) is 6.20 Å². The lowest BCUT2D eigenvalue weighted by Crippen LogP contribution is -2.38. The zero-order chi connectivity index (χ0) is 11.4. The standard InChI is InChI=1S/C9H13N3O4/c13-8-7(5-10-11-8)9(14)16-6-12-1-3-15-4-2-12/h5H,1-4,6H2,(H2,10,11,13). The molecule has 88 valence electrons. The van der Waals surface area contributed by atoms with Crippen LogP contribution in [0, 0.1) is 0 Å². The molecule has 16 heavy (non-hydrogen) atoms. The normalized spacial score (nSPS) is 17.2. The molecule has 1 aromatic heterocycles. The van der Waals surface area contributed by atoms with E-state index in [4.69, 9.17) is 9.47 Å². The van der Waals surface area contributed by atoms with Crippen molar-refractivity contribution >= 4 is 5.97 Å². The van der Waals surface area contributed by atoms with E-state index >= 15 is 0 Å². The summed E-state index contributed by atoms with van der Waals surface area (Å²) in [5.74, 6) is -0.617. The molecule has 1 aliphatic heterocycles. The third-order valence-electron chi connectivity index (χ3n) is 2.35. The van der Waals surface area contributed by atoms with Gasteiger partial charge in [0.1, 0.15) is 12.3 Å². The molecular weight excluding hydrogens is 214 g/mol. The Hall–Kier alpha value is -1.60. The number of nitrogens with zero attached hydrogens (tertiary/aromatic N) is 1. The average molecular weight is 227 g/mol. The zero-order valence-electron chi connectivity index (χ0n) is 8.69. The van der Waals surface area contributed by atoms with E-state index in [-0.39, 0.29) is 12.3 Å². The minimum atomic E-state index is -0.617. The van der Waals surface area contributed by atoms with Crippen LogP contribution < -0.4 is 5.56 Å². The van der Waals surface area contributed by atoms with Gasteiger partial charge in [0.05, 0.1) is 13.2 Å². The quantitative estimate of drug-likeness (QED) is 0.657. The van der Waals surface area contributed by atoms with Gasteiger partial charge in [-0.25, -0.2) is 4.79 Å². The SMILES string of the molecule is O=C(OCN1CCOCC1)c1c[nH][nH]c1=O. The fraction of sp³-hybridized carbons (Fsp3) is 0.556. The largest absolute Gasteiger partial charge is 0.446 e. The molecule has 1 aliphatic rings. The molecule has 2 rings (SSSR count). The smallest absolute Gasteiger partial charge is 0.346 e. The molecule has 0 spiro atoms. The Labute approximate surface area is 91.3 Å². The average Bonchev–Trinajstić information content (AvgIpc) is 2.74. The molecule has 0 saturated carbocycles. The van der Waals surface area contributed by atoms with Gasteiger partial charge in [-0.3, -0.25) is 14.8 Å². The summed E-state index contributed by atoms with van der Waals surface area (Å²) in [5.41, 5.74) is -0.472. The fourth-order valence-corrected chi connectivity index (χ4v) is 1.42. The van der Waals surface area contributed by atoms with Gasteiger partial charge in [0.25, 0.3) is 5.56 Å². The number of carbonyl (C=O) groups is 1. The number of rotatable bonds is 3.